The van der Waals surface area contributed by atoms with E-state index in [2.05, 4.69) is 5.32 Å². The van der Waals surface area contributed by atoms with Crippen LogP contribution in [-0.4, -0.2) is 28.1 Å². The molecule has 2 aliphatic carbocycles. The lowest BCUT2D eigenvalue weighted by Gasteiger charge is -2.27. The Labute approximate surface area is 127 Å². The van der Waals surface area contributed by atoms with Gasteiger partial charge in [0.1, 0.15) is 0 Å². The van der Waals surface area contributed by atoms with E-state index < -0.39 is 23.8 Å². The third kappa shape index (κ3) is 2.45. The summed E-state index contributed by atoms with van der Waals surface area (Å²) < 4.78 is 0. The molecule has 2 saturated carbocycles. The number of anilines is 1. The van der Waals surface area contributed by atoms with Gasteiger partial charge in [-0.15, -0.1) is 0 Å². The van der Waals surface area contributed by atoms with E-state index >= 15 is 0 Å². The van der Waals surface area contributed by atoms with Crippen LogP contribution in [0.5, 0.6) is 0 Å². The third-order valence-corrected chi connectivity index (χ3v) is 4.90. The Morgan fingerprint density at radius 3 is 2.09 bits per heavy atom. The summed E-state index contributed by atoms with van der Waals surface area (Å²) >= 11 is 0. The quantitative estimate of drug-likeness (QED) is 0.790. The van der Waals surface area contributed by atoms with Gasteiger partial charge in [-0.2, -0.15) is 0 Å². The van der Waals surface area contributed by atoms with Crippen molar-refractivity contribution in [2.24, 2.45) is 23.7 Å². The zero-order chi connectivity index (χ0) is 15.9. The molecule has 2 bridgehead atoms. The molecule has 6 nitrogen and oxygen atoms in total. The molecule has 0 heterocycles. The van der Waals surface area contributed by atoms with Gasteiger partial charge >= 0.3 is 11.9 Å². The monoisotopic (exact) mass is 303 g/mol. The fourth-order valence-corrected chi connectivity index (χ4v) is 3.95. The predicted molar refractivity (Wildman–Crippen MR) is 77.5 cm³/mol. The summed E-state index contributed by atoms with van der Waals surface area (Å²) in [5, 5.41) is 20.9. The van der Waals surface area contributed by atoms with Gasteiger partial charge in [0.25, 0.3) is 0 Å². The normalized spacial score (nSPS) is 29.3. The molecular formula is C16H17NO5. The fourth-order valence-electron chi connectivity index (χ4n) is 3.95. The second-order valence-corrected chi connectivity index (χ2v) is 6.09. The lowest BCUT2D eigenvalue weighted by molar-refractivity contribution is -0.148. The zero-order valence-corrected chi connectivity index (χ0v) is 11.9. The maximum Gasteiger partial charge on any atom is 0.335 e. The Hall–Kier alpha value is -2.37. The van der Waals surface area contributed by atoms with Gasteiger partial charge in [-0.25, -0.2) is 4.79 Å². The predicted octanol–water partition coefficient (Wildman–Crippen LogP) is 2.07. The number of carbonyl (C=O) groups is 3. The summed E-state index contributed by atoms with van der Waals surface area (Å²) in [4.78, 5) is 34.7. The van der Waals surface area contributed by atoms with Crippen LogP contribution in [0.3, 0.4) is 0 Å². The molecule has 0 spiro atoms. The highest BCUT2D eigenvalue weighted by atomic mass is 16.4. The van der Waals surface area contributed by atoms with Crippen LogP contribution in [0.4, 0.5) is 5.69 Å². The van der Waals surface area contributed by atoms with E-state index in [4.69, 9.17) is 5.11 Å². The highest BCUT2D eigenvalue weighted by molar-refractivity contribution is 5.96. The van der Waals surface area contributed by atoms with E-state index in [0.29, 0.717) is 5.69 Å². The number of carboxylic acid groups (broad SMARTS) is 2. The maximum atomic E-state index is 12.4. The molecule has 3 rings (SSSR count). The lowest BCUT2D eigenvalue weighted by atomic mass is 9.78. The van der Waals surface area contributed by atoms with Gasteiger partial charge in [0.05, 0.1) is 17.4 Å². The van der Waals surface area contributed by atoms with Crippen molar-refractivity contribution in [1.82, 2.24) is 0 Å². The molecule has 22 heavy (non-hydrogen) atoms. The largest absolute Gasteiger partial charge is 0.481 e. The highest BCUT2D eigenvalue weighted by Crippen LogP contribution is 2.52. The van der Waals surface area contributed by atoms with Crippen LogP contribution in [-0.2, 0) is 9.59 Å². The molecule has 1 aromatic rings. The molecule has 0 saturated heterocycles. The van der Waals surface area contributed by atoms with Gasteiger partial charge in [-0.05, 0) is 55.4 Å². The number of hydrogen-bond acceptors (Lipinski definition) is 3. The first-order valence-corrected chi connectivity index (χ1v) is 7.34. The fraction of sp³-hybridized carbons (Fsp3) is 0.438. The molecule has 3 N–H and O–H groups in total. The van der Waals surface area contributed by atoms with Crippen molar-refractivity contribution in [2.45, 2.75) is 19.3 Å². The van der Waals surface area contributed by atoms with Gasteiger partial charge in [0, 0.05) is 5.69 Å². The SMILES string of the molecule is O=C(O)c1ccc(NC(=O)[C@@H]2[C@@H]3CC[C@@H](C3)[C@@H]2C(=O)O)cc1. The Kier molecular flexibility index (Phi) is 3.60. The van der Waals surface area contributed by atoms with Crippen LogP contribution in [0.1, 0.15) is 29.6 Å². The van der Waals surface area contributed by atoms with Gasteiger partial charge < -0.3 is 15.5 Å². The molecule has 0 unspecified atom stereocenters. The van der Waals surface area contributed by atoms with Gasteiger partial charge in [0.15, 0.2) is 0 Å². The van der Waals surface area contributed by atoms with Crippen molar-refractivity contribution in [3.8, 4) is 0 Å². The van der Waals surface area contributed by atoms with Gasteiger partial charge in [-0.3, -0.25) is 9.59 Å². The maximum absolute atomic E-state index is 12.4. The smallest absolute Gasteiger partial charge is 0.335 e. The number of nitrogens with one attached hydrogen (secondary N) is 1. The number of carboxylic acids is 2. The first-order valence-electron chi connectivity index (χ1n) is 7.34. The summed E-state index contributed by atoms with van der Waals surface area (Å²) in [5.41, 5.74) is 0.628. The molecular weight excluding hydrogens is 286 g/mol. The van der Waals surface area contributed by atoms with Crippen LogP contribution >= 0.6 is 0 Å². The molecule has 0 aromatic heterocycles. The number of carbonyl (C=O) groups excluding carboxylic acids is 1. The molecule has 116 valence electrons. The zero-order valence-electron chi connectivity index (χ0n) is 11.9. The van der Waals surface area contributed by atoms with Crippen molar-refractivity contribution in [3.63, 3.8) is 0 Å². The van der Waals surface area contributed by atoms with Crippen molar-refractivity contribution in [1.29, 1.82) is 0 Å². The van der Waals surface area contributed by atoms with E-state index in [9.17, 15) is 19.5 Å². The average molecular weight is 303 g/mol. The van der Waals surface area contributed by atoms with Crippen LogP contribution in [0.25, 0.3) is 0 Å². The van der Waals surface area contributed by atoms with Crippen LogP contribution in [0.2, 0.25) is 0 Å². The van der Waals surface area contributed by atoms with Crippen LogP contribution in [0, 0.1) is 23.7 Å². The number of rotatable bonds is 4. The first-order chi connectivity index (χ1) is 10.5. The topological polar surface area (TPSA) is 104 Å². The first kappa shape index (κ1) is 14.6. The summed E-state index contributed by atoms with van der Waals surface area (Å²) in [5.74, 6) is -3.04. The summed E-state index contributed by atoms with van der Waals surface area (Å²) in [6.07, 6.45) is 2.61. The van der Waals surface area contributed by atoms with Crippen LogP contribution in [0.15, 0.2) is 24.3 Å². The minimum atomic E-state index is -1.03. The molecule has 4 atom stereocenters. The highest BCUT2D eigenvalue weighted by Gasteiger charge is 2.53. The number of aromatic carboxylic acids is 1. The molecule has 2 fully saturated rings. The van der Waals surface area contributed by atoms with E-state index in [-0.39, 0.29) is 23.3 Å². The molecule has 2 aliphatic rings. The molecule has 0 aliphatic heterocycles. The summed E-state index contributed by atoms with van der Waals surface area (Å²) in [7, 11) is 0. The number of benzene rings is 1. The van der Waals surface area contributed by atoms with Crippen molar-refractivity contribution < 1.29 is 24.6 Å². The van der Waals surface area contributed by atoms with Crippen molar-refractivity contribution in [3.05, 3.63) is 29.8 Å². The van der Waals surface area contributed by atoms with E-state index in [1.54, 1.807) is 0 Å². The van der Waals surface area contributed by atoms with E-state index in [1.165, 1.54) is 24.3 Å². The molecule has 1 amide bonds. The standard InChI is InChI=1S/C16H17NO5/c18-14(17-11-5-3-8(4-6-11)15(19)20)12-9-1-2-10(7-9)13(12)16(21)22/h3-6,9-10,12-13H,1-2,7H2,(H,17,18)(H,19,20)(H,21,22)/t9-,10+,12-,13+/m1/s1. The van der Waals surface area contributed by atoms with Crippen LogP contribution < -0.4 is 5.32 Å². The van der Waals surface area contributed by atoms with Crippen molar-refractivity contribution in [2.75, 3.05) is 5.32 Å². The number of amides is 1. The van der Waals surface area contributed by atoms with Gasteiger partial charge in [0.2, 0.25) is 5.91 Å². The van der Waals surface area contributed by atoms with E-state index in [0.717, 1.165) is 19.3 Å². The Morgan fingerprint density at radius 1 is 0.955 bits per heavy atom. The van der Waals surface area contributed by atoms with Crippen molar-refractivity contribution >= 4 is 23.5 Å². The summed E-state index contributed by atoms with van der Waals surface area (Å²) in [6, 6.07) is 5.86. The second kappa shape index (κ2) is 5.44. The third-order valence-electron chi connectivity index (χ3n) is 4.90. The molecule has 1 aromatic carbocycles. The minimum Gasteiger partial charge on any atom is -0.481 e. The number of aliphatic carboxylic acids is 1. The average Bonchev–Trinajstić information content (AvgIpc) is 3.08. The number of fused-ring (bicyclic) bond motifs is 2. The Morgan fingerprint density at radius 2 is 1.55 bits per heavy atom. The lowest BCUT2D eigenvalue weighted by Crippen LogP contribution is -2.37. The Balaban J connectivity index is 1.73. The van der Waals surface area contributed by atoms with Gasteiger partial charge in [-0.1, -0.05) is 0 Å². The number of hydrogen-bond donors (Lipinski definition) is 3. The molecule has 0 radical (unpaired) electrons. The second-order valence-electron chi connectivity index (χ2n) is 6.09. The minimum absolute atomic E-state index is 0.104. The Bertz CT molecular complexity index is 624. The van der Waals surface area contributed by atoms with E-state index in [1.807, 2.05) is 0 Å². The molecule has 6 heteroatoms. The summed E-state index contributed by atoms with van der Waals surface area (Å²) in [6.45, 7) is 0.